The minimum atomic E-state index is -0.776. The smallest absolute Gasteiger partial charge is 0.306 e. The third kappa shape index (κ3) is 62.2. The highest BCUT2D eigenvalue weighted by Gasteiger charge is 2.19. The maximum absolute atomic E-state index is 12.9. The van der Waals surface area contributed by atoms with Crippen LogP contribution in [0.2, 0.25) is 0 Å². The average Bonchev–Trinajstić information content (AvgIpc) is 3.42. The molecular formula is C70H128O6. The van der Waals surface area contributed by atoms with E-state index in [0.29, 0.717) is 19.3 Å². The quantitative estimate of drug-likeness (QED) is 0.0261. The first kappa shape index (κ1) is 73.4. The van der Waals surface area contributed by atoms with Gasteiger partial charge in [-0.25, -0.2) is 0 Å². The third-order valence-corrected chi connectivity index (χ3v) is 15.1. The summed E-state index contributed by atoms with van der Waals surface area (Å²) in [6, 6.07) is 0. The molecule has 0 N–H and O–H groups in total. The molecule has 0 aromatic heterocycles. The molecule has 444 valence electrons. The molecule has 0 heterocycles. The van der Waals surface area contributed by atoms with Crippen LogP contribution in [0.1, 0.15) is 361 Å². The van der Waals surface area contributed by atoms with Crippen LogP contribution < -0.4 is 0 Å². The first-order chi connectivity index (χ1) is 37.5. The van der Waals surface area contributed by atoms with Gasteiger partial charge in [-0.15, -0.1) is 0 Å². The van der Waals surface area contributed by atoms with E-state index >= 15 is 0 Å². The maximum Gasteiger partial charge on any atom is 0.306 e. The number of hydrogen-bond acceptors (Lipinski definition) is 6. The predicted octanol–water partition coefficient (Wildman–Crippen LogP) is 22.9. The number of rotatable bonds is 62. The highest BCUT2D eigenvalue weighted by atomic mass is 16.6. The number of carbonyl (C=O) groups excluding carboxylic acids is 3. The van der Waals surface area contributed by atoms with Gasteiger partial charge < -0.3 is 14.2 Å². The van der Waals surface area contributed by atoms with E-state index in [1.165, 1.54) is 244 Å². The molecule has 0 spiro atoms. The molecular weight excluding hydrogens is 937 g/mol. The van der Waals surface area contributed by atoms with Crippen LogP contribution in [0.15, 0.2) is 48.6 Å². The molecule has 6 heteroatoms. The van der Waals surface area contributed by atoms with Crippen LogP contribution in [0.25, 0.3) is 0 Å². The number of allylic oxidation sites excluding steroid dienone is 8. The summed E-state index contributed by atoms with van der Waals surface area (Å²) in [6.45, 7) is 6.67. The van der Waals surface area contributed by atoms with Gasteiger partial charge in [0.25, 0.3) is 0 Å². The normalized spacial score (nSPS) is 12.3. The molecule has 0 aromatic rings. The standard InChI is InChI=1S/C70H128O6/c1-4-7-10-13-16-19-22-25-28-30-31-32-33-34-35-36-37-38-39-40-43-45-48-51-54-57-60-63-69(72)75-66-67(65-74-68(71)62-59-56-53-50-47-44-41-27-24-21-18-15-12-9-6-3)76-70(73)64-61-58-55-52-49-46-42-29-26-23-20-17-14-11-8-5-2/h22,25,29-31,33-34,42,67H,4-21,23-24,26-28,32,35-41,43-66H2,1-3H3/b25-22-,31-30-,34-33-,42-29-. The van der Waals surface area contributed by atoms with Gasteiger partial charge in [0.2, 0.25) is 0 Å². The van der Waals surface area contributed by atoms with Crippen LogP contribution in [-0.4, -0.2) is 37.2 Å². The third-order valence-electron chi connectivity index (χ3n) is 15.1. The molecule has 0 aliphatic carbocycles. The molecule has 0 aliphatic rings. The van der Waals surface area contributed by atoms with Gasteiger partial charge in [0.05, 0.1) is 0 Å². The lowest BCUT2D eigenvalue weighted by Crippen LogP contribution is -2.30. The Kier molecular flexibility index (Phi) is 62.6. The van der Waals surface area contributed by atoms with Crippen molar-refractivity contribution in [2.24, 2.45) is 0 Å². The van der Waals surface area contributed by atoms with Gasteiger partial charge in [0.1, 0.15) is 13.2 Å². The number of hydrogen-bond donors (Lipinski definition) is 0. The lowest BCUT2D eigenvalue weighted by molar-refractivity contribution is -0.167. The van der Waals surface area contributed by atoms with Crippen molar-refractivity contribution in [1.82, 2.24) is 0 Å². The molecule has 0 radical (unpaired) electrons. The summed E-state index contributed by atoms with van der Waals surface area (Å²) >= 11 is 0. The summed E-state index contributed by atoms with van der Waals surface area (Å²) in [4.78, 5) is 38.3. The van der Waals surface area contributed by atoms with Crippen LogP contribution in [0, 0.1) is 0 Å². The fourth-order valence-electron chi connectivity index (χ4n) is 9.98. The van der Waals surface area contributed by atoms with Gasteiger partial charge in [-0.3, -0.25) is 14.4 Å². The van der Waals surface area contributed by atoms with Crippen LogP contribution in [-0.2, 0) is 28.6 Å². The van der Waals surface area contributed by atoms with E-state index in [-0.39, 0.29) is 31.1 Å². The van der Waals surface area contributed by atoms with Crippen LogP contribution in [0.5, 0.6) is 0 Å². The molecule has 1 atom stereocenters. The lowest BCUT2D eigenvalue weighted by atomic mass is 10.0. The first-order valence-corrected chi connectivity index (χ1v) is 33.6. The van der Waals surface area contributed by atoms with Crippen LogP contribution in [0.4, 0.5) is 0 Å². The van der Waals surface area contributed by atoms with E-state index in [4.69, 9.17) is 14.2 Å². The minimum Gasteiger partial charge on any atom is -0.462 e. The number of esters is 3. The SMILES string of the molecule is CCCCCCC/C=C\C/C=C\C/C=C\CCCCCCCCCCCCCCC(=O)OCC(COC(=O)CCCCCCCCCCCCCCCCC)OC(=O)CCCCCCC/C=C\CCCCCCCCC. The maximum atomic E-state index is 12.9. The van der Waals surface area contributed by atoms with Crippen molar-refractivity contribution < 1.29 is 28.6 Å². The molecule has 0 rings (SSSR count). The molecule has 1 unspecified atom stereocenters. The van der Waals surface area contributed by atoms with Crippen molar-refractivity contribution in [2.45, 2.75) is 367 Å². The van der Waals surface area contributed by atoms with Crippen molar-refractivity contribution in [2.75, 3.05) is 13.2 Å². The molecule has 0 saturated heterocycles. The Morgan fingerprint density at radius 1 is 0.263 bits per heavy atom. The molecule has 0 saturated carbocycles. The van der Waals surface area contributed by atoms with Crippen molar-refractivity contribution in [1.29, 1.82) is 0 Å². The van der Waals surface area contributed by atoms with E-state index < -0.39 is 6.10 Å². The highest BCUT2D eigenvalue weighted by molar-refractivity contribution is 5.71. The second-order valence-electron chi connectivity index (χ2n) is 22.7. The summed E-state index contributed by atoms with van der Waals surface area (Å²) in [5.41, 5.74) is 0. The van der Waals surface area contributed by atoms with Gasteiger partial charge in [0, 0.05) is 19.3 Å². The molecule has 0 aromatic carbocycles. The Balaban J connectivity index is 4.26. The summed E-state index contributed by atoms with van der Waals surface area (Å²) in [6.07, 6.45) is 81.2. The number of unbranched alkanes of at least 4 members (excludes halogenated alkanes) is 43. The Morgan fingerprint density at radius 3 is 0.750 bits per heavy atom. The molecule has 76 heavy (non-hydrogen) atoms. The zero-order valence-electron chi connectivity index (χ0n) is 51.0. The number of carbonyl (C=O) groups is 3. The molecule has 6 nitrogen and oxygen atoms in total. The average molecular weight is 1070 g/mol. The van der Waals surface area contributed by atoms with Crippen molar-refractivity contribution in [3.63, 3.8) is 0 Å². The van der Waals surface area contributed by atoms with Crippen LogP contribution >= 0.6 is 0 Å². The monoisotopic (exact) mass is 1060 g/mol. The first-order valence-electron chi connectivity index (χ1n) is 33.6. The largest absolute Gasteiger partial charge is 0.462 e. The highest BCUT2D eigenvalue weighted by Crippen LogP contribution is 2.17. The fraction of sp³-hybridized carbons (Fsp3) is 0.843. The summed E-state index contributed by atoms with van der Waals surface area (Å²) < 4.78 is 17.0. The van der Waals surface area contributed by atoms with Gasteiger partial charge in [0.15, 0.2) is 6.10 Å². The van der Waals surface area contributed by atoms with E-state index in [0.717, 1.165) is 77.0 Å². The van der Waals surface area contributed by atoms with Gasteiger partial charge in [-0.05, 0) is 83.5 Å². The second kappa shape index (κ2) is 64.9. The van der Waals surface area contributed by atoms with E-state index in [2.05, 4.69) is 69.4 Å². The molecule has 0 fully saturated rings. The zero-order chi connectivity index (χ0) is 55.0. The fourth-order valence-corrected chi connectivity index (χ4v) is 9.98. The second-order valence-corrected chi connectivity index (χ2v) is 22.7. The Morgan fingerprint density at radius 2 is 0.474 bits per heavy atom. The Hall–Kier alpha value is -2.63. The van der Waals surface area contributed by atoms with Crippen molar-refractivity contribution in [3.05, 3.63) is 48.6 Å². The van der Waals surface area contributed by atoms with Gasteiger partial charge >= 0.3 is 17.9 Å². The van der Waals surface area contributed by atoms with E-state index in [1.807, 2.05) is 0 Å². The Bertz CT molecular complexity index is 1310. The number of ether oxygens (including phenoxy) is 3. The molecule has 0 aliphatic heterocycles. The minimum absolute atomic E-state index is 0.0725. The van der Waals surface area contributed by atoms with Crippen molar-refractivity contribution >= 4 is 17.9 Å². The summed E-state index contributed by atoms with van der Waals surface area (Å²) in [5.74, 6) is -0.860. The Labute approximate surface area is 473 Å². The van der Waals surface area contributed by atoms with Gasteiger partial charge in [-0.2, -0.15) is 0 Å². The summed E-state index contributed by atoms with van der Waals surface area (Å²) in [7, 11) is 0. The summed E-state index contributed by atoms with van der Waals surface area (Å²) in [5, 5.41) is 0. The van der Waals surface area contributed by atoms with Crippen molar-refractivity contribution in [3.8, 4) is 0 Å². The zero-order valence-corrected chi connectivity index (χ0v) is 51.0. The van der Waals surface area contributed by atoms with Crippen LogP contribution in [0.3, 0.4) is 0 Å². The van der Waals surface area contributed by atoms with E-state index in [1.54, 1.807) is 0 Å². The predicted molar refractivity (Wildman–Crippen MR) is 330 cm³/mol. The molecule has 0 amide bonds. The lowest BCUT2D eigenvalue weighted by Gasteiger charge is -2.18. The van der Waals surface area contributed by atoms with E-state index in [9.17, 15) is 14.4 Å². The molecule has 0 bridgehead atoms. The topological polar surface area (TPSA) is 78.9 Å². The van der Waals surface area contributed by atoms with Gasteiger partial charge in [-0.1, -0.05) is 307 Å².